The molecule has 4 rings (SSSR count). The van der Waals surface area contributed by atoms with Crippen LogP contribution in [0.15, 0.2) is 88.3 Å². The largest absolute Gasteiger partial charge is 0.508 e. The molecule has 0 saturated heterocycles. The number of aromatic nitrogens is 2. The SMILES string of the molecule is COc1ccc(-c2cc(-c3ccc(Br)cc3)nc(N=C(N)NCc3ccc(O)cc3)n2)cc1.Cl. The lowest BCUT2D eigenvalue weighted by Gasteiger charge is -2.09. The molecule has 0 aliphatic carbocycles. The molecule has 0 bridgehead atoms. The van der Waals surface area contributed by atoms with Gasteiger partial charge in [-0.05, 0) is 60.2 Å². The first kappa shape index (κ1) is 25.0. The molecule has 0 aliphatic heterocycles. The van der Waals surface area contributed by atoms with Crippen molar-refractivity contribution in [2.45, 2.75) is 6.54 Å². The molecule has 0 atom stereocenters. The molecule has 4 aromatic rings. The number of nitrogens with one attached hydrogen (secondary N) is 1. The number of aliphatic imine (C=N–C) groups is 1. The number of benzene rings is 3. The minimum Gasteiger partial charge on any atom is -0.508 e. The lowest BCUT2D eigenvalue weighted by molar-refractivity contribution is 0.415. The number of nitrogens with two attached hydrogens (primary N) is 1. The molecule has 0 saturated carbocycles. The Balaban J connectivity index is 0.00000324. The monoisotopic (exact) mass is 539 g/mol. The van der Waals surface area contributed by atoms with E-state index in [0.717, 1.165) is 38.3 Å². The Bertz CT molecular complexity index is 1260. The van der Waals surface area contributed by atoms with Crippen LogP contribution in [0.1, 0.15) is 5.56 Å². The van der Waals surface area contributed by atoms with Crippen molar-refractivity contribution in [1.29, 1.82) is 0 Å². The van der Waals surface area contributed by atoms with Gasteiger partial charge in [0, 0.05) is 22.1 Å². The third-order valence-corrected chi connectivity index (χ3v) is 5.40. The maximum atomic E-state index is 9.42. The summed E-state index contributed by atoms with van der Waals surface area (Å²) in [5, 5.41) is 12.5. The number of hydrogen-bond acceptors (Lipinski definition) is 5. The van der Waals surface area contributed by atoms with Crippen LogP contribution in [0.25, 0.3) is 22.5 Å². The lowest BCUT2D eigenvalue weighted by Crippen LogP contribution is -2.30. The fourth-order valence-corrected chi connectivity index (χ4v) is 3.38. The van der Waals surface area contributed by atoms with E-state index in [1.54, 1.807) is 19.2 Å². The predicted octanol–water partition coefficient (Wildman–Crippen LogP) is 5.45. The minimum absolute atomic E-state index is 0. The van der Waals surface area contributed by atoms with Crippen LogP contribution >= 0.6 is 28.3 Å². The normalized spacial score (nSPS) is 10.9. The van der Waals surface area contributed by atoms with E-state index >= 15 is 0 Å². The molecule has 0 amide bonds. The van der Waals surface area contributed by atoms with Crippen molar-refractivity contribution in [3.8, 4) is 34.0 Å². The molecule has 34 heavy (non-hydrogen) atoms. The molecule has 174 valence electrons. The highest BCUT2D eigenvalue weighted by Crippen LogP contribution is 2.28. The highest BCUT2D eigenvalue weighted by atomic mass is 79.9. The van der Waals surface area contributed by atoms with Crippen molar-refractivity contribution in [1.82, 2.24) is 15.3 Å². The molecule has 1 heterocycles. The van der Waals surface area contributed by atoms with Gasteiger partial charge in [0.25, 0.3) is 5.95 Å². The molecule has 0 fully saturated rings. The van der Waals surface area contributed by atoms with Crippen LogP contribution in [0.4, 0.5) is 5.95 Å². The quantitative estimate of drug-likeness (QED) is 0.222. The lowest BCUT2D eigenvalue weighted by atomic mass is 10.1. The van der Waals surface area contributed by atoms with Crippen LogP contribution in [0.2, 0.25) is 0 Å². The first-order chi connectivity index (χ1) is 16.0. The predicted molar refractivity (Wildman–Crippen MR) is 141 cm³/mol. The van der Waals surface area contributed by atoms with Crippen molar-refractivity contribution in [2.24, 2.45) is 10.7 Å². The minimum atomic E-state index is 0. The van der Waals surface area contributed by atoms with Gasteiger partial charge in [0.15, 0.2) is 5.96 Å². The Kier molecular flexibility index (Phi) is 8.45. The summed E-state index contributed by atoms with van der Waals surface area (Å²) in [6, 6.07) is 24.3. The van der Waals surface area contributed by atoms with Crippen molar-refractivity contribution in [3.63, 3.8) is 0 Å². The van der Waals surface area contributed by atoms with Crippen molar-refractivity contribution < 1.29 is 9.84 Å². The summed E-state index contributed by atoms with van der Waals surface area (Å²) in [7, 11) is 1.63. The van der Waals surface area contributed by atoms with Crippen molar-refractivity contribution in [3.05, 3.63) is 88.9 Å². The molecular weight excluding hydrogens is 518 g/mol. The van der Waals surface area contributed by atoms with E-state index in [-0.39, 0.29) is 30.1 Å². The Morgan fingerprint density at radius 2 is 1.50 bits per heavy atom. The summed E-state index contributed by atoms with van der Waals surface area (Å²) in [6.45, 7) is 0.452. The van der Waals surface area contributed by atoms with Gasteiger partial charge >= 0.3 is 0 Å². The fourth-order valence-electron chi connectivity index (χ4n) is 3.12. The molecule has 0 unspecified atom stereocenters. The number of halogens is 2. The second kappa shape index (κ2) is 11.5. The number of phenolic OH excluding ortho intramolecular Hbond substituents is 1. The Morgan fingerprint density at radius 3 is 2.06 bits per heavy atom. The van der Waals surface area contributed by atoms with E-state index in [1.807, 2.05) is 66.7 Å². The zero-order valence-electron chi connectivity index (χ0n) is 18.3. The maximum absolute atomic E-state index is 9.42. The second-order valence-electron chi connectivity index (χ2n) is 7.19. The Hall–Kier alpha value is -3.62. The molecule has 9 heteroatoms. The third-order valence-electron chi connectivity index (χ3n) is 4.87. The van der Waals surface area contributed by atoms with E-state index in [2.05, 4.69) is 36.2 Å². The average molecular weight is 541 g/mol. The van der Waals surface area contributed by atoms with E-state index in [4.69, 9.17) is 10.5 Å². The topological polar surface area (TPSA) is 106 Å². The van der Waals surface area contributed by atoms with E-state index < -0.39 is 0 Å². The van der Waals surface area contributed by atoms with Crippen LogP contribution in [0, 0.1) is 0 Å². The average Bonchev–Trinajstić information content (AvgIpc) is 2.84. The number of nitrogens with zero attached hydrogens (tertiary/aromatic N) is 3. The van der Waals surface area contributed by atoms with Crippen LogP contribution < -0.4 is 15.8 Å². The number of rotatable bonds is 6. The number of ether oxygens (including phenoxy) is 1. The Labute approximate surface area is 212 Å². The zero-order valence-corrected chi connectivity index (χ0v) is 20.7. The highest BCUT2D eigenvalue weighted by molar-refractivity contribution is 9.10. The molecule has 0 spiro atoms. The second-order valence-corrected chi connectivity index (χ2v) is 8.11. The molecule has 7 nitrogen and oxygen atoms in total. The molecule has 0 radical (unpaired) electrons. The van der Waals surface area contributed by atoms with Gasteiger partial charge in [-0.2, -0.15) is 4.99 Å². The molecule has 4 N–H and O–H groups in total. The first-order valence-electron chi connectivity index (χ1n) is 10.2. The van der Waals surface area contributed by atoms with Crippen molar-refractivity contribution in [2.75, 3.05) is 7.11 Å². The van der Waals surface area contributed by atoms with E-state index in [0.29, 0.717) is 6.54 Å². The van der Waals surface area contributed by atoms with Gasteiger partial charge in [0.2, 0.25) is 0 Å². The van der Waals surface area contributed by atoms with Crippen LogP contribution in [-0.2, 0) is 6.54 Å². The standard InChI is InChI=1S/C25H22BrN5O2.ClH/c1-33-21-12-6-18(7-13-21)23-14-22(17-4-8-19(26)9-5-17)29-25(30-23)31-24(27)28-15-16-2-10-20(32)11-3-16;/h2-14,32H,15H2,1H3,(H3,27,28,29,30,31);1H. The van der Waals surface area contributed by atoms with E-state index in [1.165, 1.54) is 0 Å². The number of hydrogen-bond donors (Lipinski definition) is 3. The van der Waals surface area contributed by atoms with Crippen LogP contribution in [0.5, 0.6) is 11.5 Å². The van der Waals surface area contributed by atoms with E-state index in [9.17, 15) is 5.11 Å². The van der Waals surface area contributed by atoms with Crippen molar-refractivity contribution >= 4 is 40.2 Å². The summed E-state index contributed by atoms with van der Waals surface area (Å²) in [5.41, 5.74) is 10.3. The third kappa shape index (κ3) is 6.46. The Morgan fingerprint density at radius 1 is 0.941 bits per heavy atom. The van der Waals surface area contributed by atoms with Gasteiger partial charge in [-0.1, -0.05) is 40.2 Å². The number of phenols is 1. The van der Waals surface area contributed by atoms with Crippen LogP contribution in [0.3, 0.4) is 0 Å². The first-order valence-corrected chi connectivity index (χ1v) is 10.9. The summed E-state index contributed by atoms with van der Waals surface area (Å²) in [5.74, 6) is 1.42. The zero-order chi connectivity index (χ0) is 23.2. The smallest absolute Gasteiger partial charge is 0.253 e. The van der Waals surface area contributed by atoms with Gasteiger partial charge in [-0.15, -0.1) is 12.4 Å². The van der Waals surface area contributed by atoms with Gasteiger partial charge in [0.1, 0.15) is 11.5 Å². The highest BCUT2D eigenvalue weighted by Gasteiger charge is 2.10. The summed E-state index contributed by atoms with van der Waals surface area (Å²) in [4.78, 5) is 13.6. The molecule has 0 aliphatic rings. The van der Waals surface area contributed by atoms with Gasteiger partial charge < -0.3 is 20.9 Å². The molecule has 3 aromatic carbocycles. The van der Waals surface area contributed by atoms with Gasteiger partial charge in [-0.25, -0.2) is 9.97 Å². The molecule has 1 aromatic heterocycles. The van der Waals surface area contributed by atoms with Gasteiger partial charge in [-0.3, -0.25) is 0 Å². The summed E-state index contributed by atoms with van der Waals surface area (Å²) >= 11 is 3.47. The summed E-state index contributed by atoms with van der Waals surface area (Å²) in [6.07, 6.45) is 0. The fraction of sp³-hybridized carbons (Fsp3) is 0.0800. The molecular formula is C25H23BrClN5O2. The number of aromatic hydroxyl groups is 1. The summed E-state index contributed by atoms with van der Waals surface area (Å²) < 4.78 is 6.24. The van der Waals surface area contributed by atoms with Crippen LogP contribution in [-0.4, -0.2) is 28.1 Å². The number of methoxy groups -OCH3 is 1. The van der Waals surface area contributed by atoms with Gasteiger partial charge in [0.05, 0.1) is 18.5 Å². The maximum Gasteiger partial charge on any atom is 0.253 e. The number of guanidine groups is 1.